The van der Waals surface area contributed by atoms with Crippen molar-refractivity contribution in [1.29, 1.82) is 0 Å². The number of aromatic amines is 1. The highest BCUT2D eigenvalue weighted by molar-refractivity contribution is 7.89. The Morgan fingerprint density at radius 2 is 2.15 bits per heavy atom. The Bertz CT molecular complexity index is 524. The normalized spacial score (nSPS) is 18.7. The maximum Gasteiger partial charge on any atom is 0.272 e. The van der Waals surface area contributed by atoms with Gasteiger partial charge in [-0.1, -0.05) is 0 Å². The van der Waals surface area contributed by atoms with Crippen LogP contribution in [0.15, 0.2) is 23.2 Å². The average molecular weight is 302 g/mol. The Hall–Kier alpha value is -1.22. The first-order valence-electron chi connectivity index (χ1n) is 6.52. The Kier molecular flexibility index (Phi) is 4.92. The third-order valence-corrected chi connectivity index (χ3v) is 4.87. The van der Waals surface area contributed by atoms with Crippen LogP contribution in [0, 0.1) is 0 Å². The molecule has 8 heteroatoms. The topological polar surface area (TPSA) is 93.0 Å². The zero-order valence-corrected chi connectivity index (χ0v) is 12.2. The fourth-order valence-corrected chi connectivity index (χ4v) is 3.25. The van der Waals surface area contributed by atoms with Crippen molar-refractivity contribution in [3.63, 3.8) is 0 Å². The summed E-state index contributed by atoms with van der Waals surface area (Å²) in [5.74, 6) is 0.659. The number of anilines is 1. The molecule has 1 fully saturated rings. The van der Waals surface area contributed by atoms with E-state index in [-0.39, 0.29) is 4.90 Å². The zero-order chi connectivity index (χ0) is 14.6. The van der Waals surface area contributed by atoms with Crippen molar-refractivity contribution in [2.75, 3.05) is 38.2 Å². The van der Waals surface area contributed by atoms with E-state index in [4.69, 9.17) is 4.74 Å². The van der Waals surface area contributed by atoms with Crippen LogP contribution in [0.5, 0.6) is 0 Å². The fourth-order valence-electron chi connectivity index (χ4n) is 1.87. The summed E-state index contributed by atoms with van der Waals surface area (Å²) in [5.41, 5.74) is 0. The van der Waals surface area contributed by atoms with Crippen LogP contribution < -0.4 is 10.3 Å². The van der Waals surface area contributed by atoms with E-state index in [1.54, 1.807) is 19.1 Å². The summed E-state index contributed by atoms with van der Waals surface area (Å²) in [4.78, 5) is 3.10. The van der Waals surface area contributed by atoms with Crippen LogP contribution >= 0.6 is 0 Å². The molecule has 1 atom stereocenters. The molecule has 1 aliphatic rings. The Morgan fingerprint density at radius 3 is 2.70 bits per heavy atom. The minimum absolute atomic E-state index is 0.224. The minimum Gasteiger partial charge on any atom is -0.389 e. The summed E-state index contributed by atoms with van der Waals surface area (Å²) in [6, 6.07) is 3.20. The van der Waals surface area contributed by atoms with Gasteiger partial charge in [-0.2, -0.15) is 4.31 Å². The molecular formula is C12H20N3O4S+. The van der Waals surface area contributed by atoms with Gasteiger partial charge in [-0.25, -0.2) is 13.4 Å². The number of aliphatic hydroxyl groups excluding tert-OH is 1. The summed E-state index contributed by atoms with van der Waals surface area (Å²) in [7, 11) is -3.47. The van der Waals surface area contributed by atoms with Crippen LogP contribution in [0.25, 0.3) is 0 Å². The molecule has 112 valence electrons. The van der Waals surface area contributed by atoms with Gasteiger partial charge in [0, 0.05) is 19.2 Å². The lowest BCUT2D eigenvalue weighted by Crippen LogP contribution is -2.40. The Balaban J connectivity index is 2.08. The number of aliphatic hydroxyl groups is 1. The highest BCUT2D eigenvalue weighted by atomic mass is 32.2. The number of ether oxygens (including phenoxy) is 1. The van der Waals surface area contributed by atoms with Crippen LogP contribution in [-0.2, 0) is 14.8 Å². The molecule has 1 aliphatic heterocycles. The van der Waals surface area contributed by atoms with Crippen molar-refractivity contribution < 1.29 is 23.2 Å². The summed E-state index contributed by atoms with van der Waals surface area (Å²) >= 11 is 0. The quantitative estimate of drug-likeness (QED) is 0.751. The number of morpholine rings is 1. The molecule has 0 aromatic carbocycles. The molecule has 20 heavy (non-hydrogen) atoms. The number of H-pyrrole nitrogens is 1. The monoisotopic (exact) mass is 302 g/mol. The molecule has 1 aromatic rings. The lowest BCUT2D eigenvalue weighted by atomic mass is 10.4. The van der Waals surface area contributed by atoms with Gasteiger partial charge >= 0.3 is 0 Å². The lowest BCUT2D eigenvalue weighted by Gasteiger charge is -2.25. The molecule has 1 aromatic heterocycles. The first-order valence-corrected chi connectivity index (χ1v) is 7.96. The number of hydrogen-bond donors (Lipinski definition) is 2. The molecule has 0 saturated carbocycles. The average Bonchev–Trinajstić information content (AvgIpc) is 2.46. The van der Waals surface area contributed by atoms with E-state index in [0.29, 0.717) is 38.7 Å². The standard InChI is InChI=1S/C12H19N3O4S/c1-10(16)8-13-12-3-2-11(9-14-12)20(17,18)15-4-6-19-7-5-15/h2-3,9-10,16H,4-8H2,1H3,(H,13,14)/p+1/t10-/m0/s1. The molecule has 0 unspecified atom stereocenters. The first kappa shape index (κ1) is 15.2. The molecule has 3 N–H and O–H groups in total. The van der Waals surface area contributed by atoms with E-state index in [1.165, 1.54) is 10.5 Å². The van der Waals surface area contributed by atoms with E-state index >= 15 is 0 Å². The lowest BCUT2D eigenvalue weighted by molar-refractivity contribution is -0.364. The maximum atomic E-state index is 12.4. The SMILES string of the molecule is C[C@H](O)CNc1ccc(S(=O)(=O)N2CCOCC2)c[nH+]1. The highest BCUT2D eigenvalue weighted by Crippen LogP contribution is 2.15. The number of sulfonamides is 1. The van der Waals surface area contributed by atoms with Gasteiger partial charge in [0.05, 0.1) is 19.3 Å². The number of aromatic nitrogens is 1. The second kappa shape index (κ2) is 6.49. The summed E-state index contributed by atoms with van der Waals surface area (Å²) < 4.78 is 31.3. The molecule has 0 amide bonds. The van der Waals surface area contributed by atoms with E-state index in [1.807, 2.05) is 0 Å². The van der Waals surface area contributed by atoms with Crippen LogP contribution in [0.4, 0.5) is 5.82 Å². The van der Waals surface area contributed by atoms with E-state index in [0.717, 1.165) is 0 Å². The summed E-state index contributed by atoms with van der Waals surface area (Å²) in [6.07, 6.45) is 0.981. The molecule has 0 bridgehead atoms. The van der Waals surface area contributed by atoms with Crippen LogP contribution in [0.2, 0.25) is 0 Å². The second-order valence-electron chi connectivity index (χ2n) is 4.68. The number of rotatable bonds is 5. The molecule has 0 aliphatic carbocycles. The number of pyridine rings is 1. The van der Waals surface area contributed by atoms with Crippen molar-refractivity contribution in [2.24, 2.45) is 0 Å². The number of hydrogen-bond acceptors (Lipinski definition) is 5. The summed E-state index contributed by atoms with van der Waals surface area (Å²) in [5, 5.41) is 12.1. The van der Waals surface area contributed by atoms with Gasteiger partial charge in [-0.3, -0.25) is 5.32 Å². The van der Waals surface area contributed by atoms with Gasteiger partial charge in [0.2, 0.25) is 10.0 Å². The molecule has 0 radical (unpaired) electrons. The van der Waals surface area contributed by atoms with Gasteiger partial charge in [0.1, 0.15) is 17.6 Å². The van der Waals surface area contributed by atoms with Gasteiger partial charge in [-0.05, 0) is 13.0 Å². The van der Waals surface area contributed by atoms with Crippen molar-refractivity contribution in [1.82, 2.24) is 4.31 Å². The minimum atomic E-state index is -3.47. The predicted octanol–water partition coefficient (Wildman–Crippen LogP) is -0.686. The largest absolute Gasteiger partial charge is 0.389 e. The maximum absolute atomic E-state index is 12.4. The smallest absolute Gasteiger partial charge is 0.272 e. The predicted molar refractivity (Wildman–Crippen MR) is 72.7 cm³/mol. The molecule has 1 saturated heterocycles. The number of nitrogens with zero attached hydrogens (tertiary/aromatic N) is 1. The molecular weight excluding hydrogens is 282 g/mol. The summed E-state index contributed by atoms with van der Waals surface area (Å²) in [6.45, 7) is 3.68. The van der Waals surface area contributed by atoms with Crippen LogP contribution in [0.3, 0.4) is 0 Å². The van der Waals surface area contributed by atoms with Crippen molar-refractivity contribution in [3.05, 3.63) is 18.3 Å². The van der Waals surface area contributed by atoms with E-state index < -0.39 is 16.1 Å². The zero-order valence-electron chi connectivity index (χ0n) is 11.4. The van der Waals surface area contributed by atoms with Gasteiger partial charge in [-0.15, -0.1) is 0 Å². The highest BCUT2D eigenvalue weighted by Gasteiger charge is 2.27. The van der Waals surface area contributed by atoms with Crippen molar-refractivity contribution >= 4 is 15.8 Å². The van der Waals surface area contributed by atoms with Crippen LogP contribution in [0.1, 0.15) is 6.92 Å². The third-order valence-electron chi connectivity index (χ3n) is 2.98. The molecule has 2 heterocycles. The van der Waals surface area contributed by atoms with Crippen LogP contribution in [-0.4, -0.2) is 56.8 Å². The second-order valence-corrected chi connectivity index (χ2v) is 6.62. The Morgan fingerprint density at radius 1 is 1.45 bits per heavy atom. The fraction of sp³-hybridized carbons (Fsp3) is 0.583. The van der Waals surface area contributed by atoms with E-state index in [2.05, 4.69) is 10.3 Å². The number of nitrogens with one attached hydrogen (secondary N) is 2. The van der Waals surface area contributed by atoms with Gasteiger partial charge < -0.3 is 9.84 Å². The van der Waals surface area contributed by atoms with E-state index in [9.17, 15) is 13.5 Å². The Labute approximate surface area is 118 Å². The van der Waals surface area contributed by atoms with Gasteiger partial charge in [0.15, 0.2) is 0 Å². The van der Waals surface area contributed by atoms with Gasteiger partial charge in [0.25, 0.3) is 5.82 Å². The van der Waals surface area contributed by atoms with Crippen molar-refractivity contribution in [2.45, 2.75) is 17.9 Å². The first-order chi connectivity index (χ1) is 9.50. The van der Waals surface area contributed by atoms with Crippen molar-refractivity contribution in [3.8, 4) is 0 Å². The molecule has 2 rings (SSSR count). The molecule has 0 spiro atoms. The molecule has 7 nitrogen and oxygen atoms in total. The third kappa shape index (κ3) is 3.66.